The number of benzene rings is 1. The number of carbonyl (C=O) groups excluding carboxylic acids is 1. The minimum Gasteiger partial charge on any atom is -0.495 e. The van der Waals surface area contributed by atoms with Crippen molar-refractivity contribution in [1.29, 1.82) is 0 Å². The van der Waals surface area contributed by atoms with Crippen LogP contribution in [0.25, 0.3) is 0 Å². The van der Waals surface area contributed by atoms with E-state index in [2.05, 4.69) is 10.6 Å². The Morgan fingerprint density at radius 3 is 2.77 bits per heavy atom. The number of hydrogen-bond acceptors (Lipinski definition) is 4. The quantitative estimate of drug-likeness (QED) is 0.765. The highest BCUT2D eigenvalue weighted by atomic mass is 16.5. The third-order valence-corrected chi connectivity index (χ3v) is 3.12. The van der Waals surface area contributed by atoms with Crippen LogP contribution in [-0.4, -0.2) is 30.4 Å². The molecule has 0 radical (unpaired) electrons. The Bertz CT molecular complexity index is 608. The minimum atomic E-state index is -1.10. The molecule has 1 aromatic carbocycles. The highest BCUT2D eigenvalue weighted by Crippen LogP contribution is 2.22. The Balaban J connectivity index is 1.87. The smallest absolute Gasteiger partial charge is 0.319 e. The summed E-state index contributed by atoms with van der Waals surface area (Å²) in [6.45, 7) is 1.73. The van der Waals surface area contributed by atoms with Crippen molar-refractivity contribution in [2.75, 3.05) is 19.0 Å². The second-order valence-corrected chi connectivity index (χ2v) is 5.26. The first-order valence-corrected chi connectivity index (χ1v) is 6.93. The van der Waals surface area contributed by atoms with Gasteiger partial charge in [-0.1, -0.05) is 12.1 Å². The molecule has 118 valence electrons. The minimum absolute atomic E-state index is 0.0919. The summed E-state index contributed by atoms with van der Waals surface area (Å²) >= 11 is 0. The fourth-order valence-corrected chi connectivity index (χ4v) is 2.04. The molecule has 0 aliphatic rings. The van der Waals surface area contributed by atoms with E-state index in [9.17, 15) is 9.90 Å². The summed E-state index contributed by atoms with van der Waals surface area (Å²) in [4.78, 5) is 11.9. The lowest BCUT2D eigenvalue weighted by Gasteiger charge is -2.22. The second-order valence-electron chi connectivity index (χ2n) is 5.26. The Hall–Kier alpha value is -2.47. The van der Waals surface area contributed by atoms with Crippen LogP contribution in [0.4, 0.5) is 10.5 Å². The van der Waals surface area contributed by atoms with Crippen molar-refractivity contribution < 1.29 is 19.1 Å². The molecule has 0 aliphatic heterocycles. The van der Waals surface area contributed by atoms with Gasteiger partial charge in [-0.25, -0.2) is 4.79 Å². The van der Waals surface area contributed by atoms with Crippen molar-refractivity contribution in [2.24, 2.45) is 0 Å². The van der Waals surface area contributed by atoms with Gasteiger partial charge in [0.1, 0.15) is 11.5 Å². The summed E-state index contributed by atoms with van der Waals surface area (Å²) in [6.07, 6.45) is 1.86. The lowest BCUT2D eigenvalue weighted by Crippen LogP contribution is -2.43. The fourth-order valence-electron chi connectivity index (χ4n) is 2.04. The monoisotopic (exact) mass is 304 g/mol. The van der Waals surface area contributed by atoms with Gasteiger partial charge < -0.3 is 24.9 Å². The Morgan fingerprint density at radius 1 is 1.32 bits per heavy atom. The summed E-state index contributed by atoms with van der Waals surface area (Å²) in [5.74, 6) is 1.23. The van der Waals surface area contributed by atoms with Crippen molar-refractivity contribution in [3.63, 3.8) is 0 Å². The van der Waals surface area contributed by atoms with Gasteiger partial charge in [0.05, 0.1) is 24.7 Å². The number of rotatable bonds is 6. The van der Waals surface area contributed by atoms with E-state index < -0.39 is 11.6 Å². The van der Waals surface area contributed by atoms with Gasteiger partial charge in [-0.2, -0.15) is 0 Å². The molecule has 1 aromatic heterocycles. The topological polar surface area (TPSA) is 83.7 Å². The number of anilines is 1. The van der Waals surface area contributed by atoms with E-state index in [0.717, 1.165) is 0 Å². The highest BCUT2D eigenvalue weighted by Gasteiger charge is 2.23. The molecule has 0 bridgehead atoms. The van der Waals surface area contributed by atoms with Crippen LogP contribution in [0.15, 0.2) is 47.1 Å². The number of furan rings is 1. The zero-order chi connectivity index (χ0) is 16.0. The number of para-hydroxylation sites is 2. The third kappa shape index (κ3) is 4.53. The number of carbonyl (C=O) groups is 1. The van der Waals surface area contributed by atoms with Crippen LogP contribution in [0.3, 0.4) is 0 Å². The number of hydrogen-bond donors (Lipinski definition) is 3. The third-order valence-electron chi connectivity index (χ3n) is 3.12. The molecular weight excluding hydrogens is 284 g/mol. The molecule has 3 N–H and O–H groups in total. The molecule has 2 rings (SSSR count). The second kappa shape index (κ2) is 7.00. The van der Waals surface area contributed by atoms with E-state index in [0.29, 0.717) is 23.6 Å². The van der Waals surface area contributed by atoms with Crippen molar-refractivity contribution in [1.82, 2.24) is 5.32 Å². The summed E-state index contributed by atoms with van der Waals surface area (Å²) in [6, 6.07) is 10.2. The molecule has 0 saturated heterocycles. The predicted molar refractivity (Wildman–Crippen MR) is 83.1 cm³/mol. The zero-order valence-electron chi connectivity index (χ0n) is 12.6. The molecule has 0 saturated carbocycles. The van der Waals surface area contributed by atoms with Crippen LogP contribution in [0.2, 0.25) is 0 Å². The Labute approximate surface area is 129 Å². The van der Waals surface area contributed by atoms with Crippen LogP contribution >= 0.6 is 0 Å². The van der Waals surface area contributed by atoms with Crippen molar-refractivity contribution in [3.8, 4) is 5.75 Å². The van der Waals surface area contributed by atoms with Gasteiger partial charge in [0.25, 0.3) is 0 Å². The lowest BCUT2D eigenvalue weighted by molar-refractivity contribution is 0.0577. The molecule has 1 heterocycles. The van der Waals surface area contributed by atoms with Crippen LogP contribution in [0.1, 0.15) is 12.7 Å². The molecule has 22 heavy (non-hydrogen) atoms. The zero-order valence-corrected chi connectivity index (χ0v) is 12.6. The van der Waals surface area contributed by atoms with Crippen molar-refractivity contribution >= 4 is 11.7 Å². The van der Waals surface area contributed by atoms with Gasteiger partial charge in [0.15, 0.2) is 0 Å². The molecular formula is C16H20N2O4. The van der Waals surface area contributed by atoms with Gasteiger partial charge in [0.2, 0.25) is 0 Å². The van der Waals surface area contributed by atoms with Gasteiger partial charge in [-0.15, -0.1) is 0 Å². The van der Waals surface area contributed by atoms with Crippen LogP contribution in [-0.2, 0) is 6.42 Å². The van der Waals surface area contributed by atoms with Crippen LogP contribution in [0, 0.1) is 0 Å². The van der Waals surface area contributed by atoms with Gasteiger partial charge in [-0.3, -0.25) is 0 Å². The Morgan fingerprint density at radius 2 is 2.09 bits per heavy atom. The van der Waals surface area contributed by atoms with Gasteiger partial charge >= 0.3 is 6.03 Å². The molecule has 0 spiro atoms. The summed E-state index contributed by atoms with van der Waals surface area (Å²) in [5, 5.41) is 15.6. The number of aliphatic hydroxyl groups is 1. The first-order valence-electron chi connectivity index (χ1n) is 6.93. The van der Waals surface area contributed by atoms with E-state index in [1.165, 1.54) is 7.11 Å². The molecule has 6 nitrogen and oxygen atoms in total. The number of amides is 2. The maximum atomic E-state index is 11.9. The fraction of sp³-hybridized carbons (Fsp3) is 0.312. The average Bonchev–Trinajstić information content (AvgIpc) is 2.98. The number of nitrogens with one attached hydrogen (secondary N) is 2. The highest BCUT2D eigenvalue weighted by molar-refractivity contribution is 5.90. The predicted octanol–water partition coefficient (Wildman–Crippen LogP) is 2.40. The summed E-state index contributed by atoms with van der Waals surface area (Å²) in [7, 11) is 1.53. The van der Waals surface area contributed by atoms with Gasteiger partial charge in [-0.05, 0) is 31.2 Å². The molecule has 6 heteroatoms. The standard InChI is InChI=1S/C16H20N2O4/c1-16(20,10-12-6-5-9-22-12)11-17-15(19)18-13-7-3-4-8-14(13)21-2/h3-9,20H,10-11H2,1-2H3,(H2,17,18,19). The van der Waals surface area contributed by atoms with Crippen LogP contribution < -0.4 is 15.4 Å². The van der Waals surface area contributed by atoms with E-state index in [-0.39, 0.29) is 6.54 Å². The van der Waals surface area contributed by atoms with E-state index in [1.807, 2.05) is 6.07 Å². The number of ether oxygens (including phenoxy) is 1. The molecule has 2 aromatic rings. The SMILES string of the molecule is COc1ccccc1NC(=O)NCC(C)(O)Cc1ccco1. The van der Waals surface area contributed by atoms with E-state index in [4.69, 9.17) is 9.15 Å². The number of urea groups is 1. The summed E-state index contributed by atoms with van der Waals surface area (Å²) in [5.41, 5.74) is -0.538. The molecule has 1 unspecified atom stereocenters. The molecule has 0 fully saturated rings. The van der Waals surface area contributed by atoms with E-state index in [1.54, 1.807) is 43.5 Å². The largest absolute Gasteiger partial charge is 0.495 e. The lowest BCUT2D eigenvalue weighted by atomic mass is 10.0. The molecule has 0 aliphatic carbocycles. The normalized spacial score (nSPS) is 13.2. The average molecular weight is 304 g/mol. The first-order chi connectivity index (χ1) is 10.5. The number of methoxy groups -OCH3 is 1. The van der Waals surface area contributed by atoms with Gasteiger partial charge in [0, 0.05) is 13.0 Å². The first kappa shape index (κ1) is 15.9. The molecule has 1 atom stereocenters. The van der Waals surface area contributed by atoms with Crippen LogP contribution in [0.5, 0.6) is 5.75 Å². The maximum absolute atomic E-state index is 11.9. The summed E-state index contributed by atoms with van der Waals surface area (Å²) < 4.78 is 10.4. The van der Waals surface area contributed by atoms with Crippen molar-refractivity contribution in [3.05, 3.63) is 48.4 Å². The molecule has 2 amide bonds. The Kier molecular flexibility index (Phi) is 5.06. The maximum Gasteiger partial charge on any atom is 0.319 e. The van der Waals surface area contributed by atoms with E-state index >= 15 is 0 Å². The van der Waals surface area contributed by atoms with Crippen molar-refractivity contribution in [2.45, 2.75) is 18.9 Å².